The van der Waals surface area contributed by atoms with Gasteiger partial charge in [-0.15, -0.1) is 16.4 Å². The number of thiazole rings is 1. The van der Waals surface area contributed by atoms with Crippen LogP contribution in [-0.4, -0.2) is 15.2 Å². The van der Waals surface area contributed by atoms with E-state index in [4.69, 9.17) is 0 Å². The number of alkyl halides is 3. The monoisotopic (exact) mass is 277 g/mol. The second-order valence-corrected chi connectivity index (χ2v) is 4.91. The highest BCUT2D eigenvalue weighted by atomic mass is 32.2. The van der Waals surface area contributed by atoms with Gasteiger partial charge in [0.2, 0.25) is 0 Å². The molecule has 0 bridgehead atoms. The molecule has 2 aromatic heterocycles. The van der Waals surface area contributed by atoms with Crippen LogP contribution in [0.15, 0.2) is 28.7 Å². The molecule has 2 aromatic rings. The van der Waals surface area contributed by atoms with Gasteiger partial charge in [-0.1, -0.05) is 11.8 Å². The Hall–Kier alpha value is -1.15. The van der Waals surface area contributed by atoms with E-state index in [1.807, 2.05) is 0 Å². The predicted octanol–water partition coefficient (Wildman–Crippen LogP) is 3.24. The van der Waals surface area contributed by atoms with Gasteiger partial charge in [0.25, 0.3) is 0 Å². The third-order valence-corrected chi connectivity index (χ3v) is 3.70. The lowest BCUT2D eigenvalue weighted by Crippen LogP contribution is -2.05. The van der Waals surface area contributed by atoms with Gasteiger partial charge in [-0.25, -0.2) is 4.98 Å². The zero-order chi connectivity index (χ0) is 12.3. The summed E-state index contributed by atoms with van der Waals surface area (Å²) in [5, 5.41) is 9.60. The van der Waals surface area contributed by atoms with E-state index in [-0.39, 0.29) is 0 Å². The first-order valence-electron chi connectivity index (χ1n) is 4.48. The van der Waals surface area contributed by atoms with Crippen LogP contribution < -0.4 is 0 Å². The van der Waals surface area contributed by atoms with Crippen molar-refractivity contribution in [1.82, 2.24) is 15.2 Å². The molecule has 0 fully saturated rings. The Morgan fingerprint density at radius 1 is 1.35 bits per heavy atom. The van der Waals surface area contributed by atoms with Crippen LogP contribution >= 0.6 is 23.1 Å². The normalized spacial score (nSPS) is 11.7. The van der Waals surface area contributed by atoms with Gasteiger partial charge in [0.15, 0.2) is 5.69 Å². The van der Waals surface area contributed by atoms with E-state index in [0.29, 0.717) is 15.8 Å². The van der Waals surface area contributed by atoms with Crippen LogP contribution in [0.2, 0.25) is 0 Å². The fraction of sp³-hybridized carbons (Fsp3) is 0.222. The molecule has 0 aromatic carbocycles. The molecule has 0 saturated heterocycles. The molecule has 2 rings (SSSR count). The summed E-state index contributed by atoms with van der Waals surface area (Å²) >= 11 is 2.30. The lowest BCUT2D eigenvalue weighted by molar-refractivity contribution is -0.140. The fourth-order valence-electron chi connectivity index (χ4n) is 1.01. The Morgan fingerprint density at radius 3 is 2.76 bits per heavy atom. The second kappa shape index (κ2) is 5.01. The minimum atomic E-state index is -4.37. The predicted molar refractivity (Wildman–Crippen MR) is 58.7 cm³/mol. The van der Waals surface area contributed by atoms with Crippen molar-refractivity contribution in [3.8, 4) is 0 Å². The number of hydrogen-bond donors (Lipinski definition) is 0. The lowest BCUT2D eigenvalue weighted by atomic mass is 10.5. The zero-order valence-electron chi connectivity index (χ0n) is 8.31. The van der Waals surface area contributed by atoms with Crippen molar-refractivity contribution in [3.63, 3.8) is 0 Å². The maximum atomic E-state index is 12.3. The molecule has 3 nitrogen and oxygen atoms in total. The summed E-state index contributed by atoms with van der Waals surface area (Å²) in [5.41, 5.74) is -0.836. The maximum Gasteiger partial charge on any atom is 0.434 e. The highest BCUT2D eigenvalue weighted by Gasteiger charge is 2.33. The van der Waals surface area contributed by atoms with Gasteiger partial charge in [0.1, 0.15) is 10.0 Å². The number of thioether (sulfide) groups is 1. The molecule has 0 aliphatic carbocycles. The van der Waals surface area contributed by atoms with Crippen LogP contribution in [0.1, 0.15) is 10.7 Å². The van der Waals surface area contributed by atoms with Crippen LogP contribution in [0.5, 0.6) is 0 Å². The van der Waals surface area contributed by atoms with Gasteiger partial charge in [-0.2, -0.15) is 18.3 Å². The number of nitrogens with zero attached hydrogens (tertiary/aromatic N) is 3. The van der Waals surface area contributed by atoms with Crippen LogP contribution in [-0.2, 0) is 11.9 Å². The molecule has 0 aliphatic rings. The van der Waals surface area contributed by atoms with Crippen molar-refractivity contribution in [2.24, 2.45) is 0 Å². The number of rotatable bonds is 3. The highest BCUT2D eigenvalue weighted by Crippen LogP contribution is 2.31. The Morgan fingerprint density at radius 2 is 2.18 bits per heavy atom. The van der Waals surface area contributed by atoms with E-state index < -0.39 is 11.9 Å². The molecule has 0 unspecified atom stereocenters. The first-order chi connectivity index (χ1) is 8.05. The van der Waals surface area contributed by atoms with Crippen LogP contribution in [0.4, 0.5) is 13.2 Å². The van der Waals surface area contributed by atoms with E-state index in [0.717, 1.165) is 16.7 Å². The summed E-state index contributed by atoms with van der Waals surface area (Å²) in [6.07, 6.45) is -2.83. The Bertz CT molecular complexity index is 484. The number of hydrogen-bond acceptors (Lipinski definition) is 5. The summed E-state index contributed by atoms with van der Waals surface area (Å²) in [6.45, 7) is 0. The minimum absolute atomic E-state index is 0.361. The third kappa shape index (κ3) is 3.40. The van der Waals surface area contributed by atoms with Gasteiger partial charge < -0.3 is 0 Å². The van der Waals surface area contributed by atoms with Gasteiger partial charge in [-0.05, 0) is 12.1 Å². The largest absolute Gasteiger partial charge is 0.434 e. The molecule has 0 radical (unpaired) electrons. The van der Waals surface area contributed by atoms with Crippen LogP contribution in [0, 0.1) is 0 Å². The third-order valence-electron chi connectivity index (χ3n) is 1.73. The molecule has 0 saturated carbocycles. The molecule has 8 heteroatoms. The smallest absolute Gasteiger partial charge is 0.236 e. The average molecular weight is 277 g/mol. The molecule has 0 atom stereocenters. The van der Waals surface area contributed by atoms with E-state index in [9.17, 15) is 13.2 Å². The zero-order valence-corrected chi connectivity index (χ0v) is 9.94. The molecular formula is C9H6F3N3S2. The quantitative estimate of drug-likeness (QED) is 0.807. The van der Waals surface area contributed by atoms with Crippen LogP contribution in [0.3, 0.4) is 0 Å². The van der Waals surface area contributed by atoms with E-state index in [2.05, 4.69) is 15.2 Å². The van der Waals surface area contributed by atoms with E-state index in [1.54, 1.807) is 12.1 Å². The van der Waals surface area contributed by atoms with Crippen molar-refractivity contribution in [1.29, 1.82) is 0 Å². The van der Waals surface area contributed by atoms with Gasteiger partial charge in [0, 0.05) is 11.6 Å². The minimum Gasteiger partial charge on any atom is -0.236 e. The van der Waals surface area contributed by atoms with Crippen molar-refractivity contribution in [2.45, 2.75) is 17.0 Å². The first-order valence-corrected chi connectivity index (χ1v) is 6.34. The average Bonchev–Trinajstić information content (AvgIpc) is 2.76. The van der Waals surface area contributed by atoms with Crippen LogP contribution in [0.25, 0.3) is 0 Å². The Balaban J connectivity index is 1.99. The second-order valence-electron chi connectivity index (χ2n) is 2.97. The molecule has 0 spiro atoms. The summed E-state index contributed by atoms with van der Waals surface area (Å²) in [5.74, 6) is 0.361. The summed E-state index contributed by atoms with van der Waals surface area (Å²) < 4.78 is 36.8. The topological polar surface area (TPSA) is 38.7 Å². The van der Waals surface area contributed by atoms with Crippen molar-refractivity contribution >= 4 is 23.1 Å². The summed E-state index contributed by atoms with van der Waals surface area (Å²) in [4.78, 5) is 3.52. The van der Waals surface area contributed by atoms with Gasteiger partial charge in [0.05, 0.1) is 5.75 Å². The van der Waals surface area contributed by atoms with E-state index in [1.165, 1.54) is 18.0 Å². The standard InChI is InChI=1S/C9H6F3N3S2/c10-9(11,12)6-4-16-8(14-6)5-17-7-2-1-3-13-15-7/h1-4H,5H2. The Kier molecular flexibility index (Phi) is 3.63. The SMILES string of the molecule is FC(F)(F)c1csc(CSc2cccnn2)n1. The molecular weight excluding hydrogens is 271 g/mol. The van der Waals surface area contributed by atoms with E-state index >= 15 is 0 Å². The van der Waals surface area contributed by atoms with Crippen molar-refractivity contribution in [3.05, 3.63) is 34.4 Å². The molecule has 90 valence electrons. The Labute approximate surface area is 103 Å². The van der Waals surface area contributed by atoms with Gasteiger partial charge in [-0.3, -0.25) is 0 Å². The molecule has 17 heavy (non-hydrogen) atoms. The molecule has 0 aliphatic heterocycles. The van der Waals surface area contributed by atoms with Crippen molar-refractivity contribution in [2.75, 3.05) is 0 Å². The number of aromatic nitrogens is 3. The van der Waals surface area contributed by atoms with Crippen molar-refractivity contribution < 1.29 is 13.2 Å². The highest BCUT2D eigenvalue weighted by molar-refractivity contribution is 7.98. The molecule has 2 heterocycles. The fourth-order valence-corrected chi connectivity index (χ4v) is 2.66. The summed E-state index contributed by atoms with van der Waals surface area (Å²) in [6, 6.07) is 3.47. The number of halogens is 3. The lowest BCUT2D eigenvalue weighted by Gasteiger charge is -2.00. The molecule has 0 amide bonds. The first kappa shape index (κ1) is 12.3. The molecule has 0 N–H and O–H groups in total. The van der Waals surface area contributed by atoms with Gasteiger partial charge >= 0.3 is 6.18 Å². The summed E-state index contributed by atoms with van der Waals surface area (Å²) in [7, 11) is 0. The maximum absolute atomic E-state index is 12.3.